The van der Waals surface area contributed by atoms with E-state index in [2.05, 4.69) is 11.6 Å². The van der Waals surface area contributed by atoms with Crippen LogP contribution in [-0.2, 0) is 20.7 Å². The summed E-state index contributed by atoms with van der Waals surface area (Å²) in [5.41, 5.74) is 2.10. The van der Waals surface area contributed by atoms with Crippen molar-refractivity contribution < 1.29 is 23.8 Å². The summed E-state index contributed by atoms with van der Waals surface area (Å²) in [6, 6.07) is 6.67. The summed E-state index contributed by atoms with van der Waals surface area (Å²) in [5, 5.41) is 1.55. The highest BCUT2D eigenvalue weighted by atomic mass is 35.5. The molecule has 2 heterocycles. The van der Waals surface area contributed by atoms with E-state index in [0.717, 1.165) is 16.5 Å². The van der Waals surface area contributed by atoms with Crippen molar-refractivity contribution in [3.8, 4) is 22.6 Å². The highest BCUT2D eigenvalue weighted by Crippen LogP contribution is 2.46. The van der Waals surface area contributed by atoms with Gasteiger partial charge < -0.3 is 19.1 Å². The predicted molar refractivity (Wildman–Crippen MR) is 142 cm³/mol. The smallest absolute Gasteiger partial charge is 0.328 e. The Labute approximate surface area is 225 Å². The Morgan fingerprint density at radius 3 is 2.49 bits per heavy atom. The molecule has 1 fully saturated rings. The van der Waals surface area contributed by atoms with Crippen LogP contribution in [0.5, 0.6) is 11.5 Å². The van der Waals surface area contributed by atoms with Gasteiger partial charge in [0.05, 0.1) is 36.4 Å². The zero-order valence-electron chi connectivity index (χ0n) is 20.8. The number of carbonyl (C=O) groups excluding carboxylic acids is 2. The van der Waals surface area contributed by atoms with E-state index in [9.17, 15) is 9.59 Å². The number of rotatable bonds is 8. The molecule has 0 spiro atoms. The van der Waals surface area contributed by atoms with Crippen LogP contribution >= 0.6 is 23.2 Å². The van der Waals surface area contributed by atoms with Gasteiger partial charge in [0, 0.05) is 36.2 Å². The number of hydrogen-bond acceptors (Lipinski definition) is 7. The van der Waals surface area contributed by atoms with Gasteiger partial charge in [-0.3, -0.25) is 4.79 Å². The average molecular weight is 544 g/mol. The largest absolute Gasteiger partial charge is 0.495 e. The van der Waals surface area contributed by atoms with Crippen LogP contribution in [0.2, 0.25) is 10.0 Å². The lowest BCUT2D eigenvalue weighted by atomic mass is 10.0. The van der Waals surface area contributed by atoms with Crippen LogP contribution < -0.4 is 9.47 Å². The second-order valence-electron chi connectivity index (χ2n) is 8.61. The molecule has 1 aromatic heterocycles. The molecule has 1 amide bonds. The van der Waals surface area contributed by atoms with Gasteiger partial charge in [-0.1, -0.05) is 35.8 Å². The normalized spacial score (nSPS) is 17.1. The van der Waals surface area contributed by atoms with Gasteiger partial charge in [0.2, 0.25) is 5.91 Å². The van der Waals surface area contributed by atoms with E-state index in [-0.39, 0.29) is 18.4 Å². The molecule has 37 heavy (non-hydrogen) atoms. The third-order valence-electron chi connectivity index (χ3n) is 6.37. The third-order valence-corrected chi connectivity index (χ3v) is 7.12. The van der Waals surface area contributed by atoms with E-state index < -0.39 is 12.0 Å². The number of ether oxygens (including phenoxy) is 3. The fraction of sp³-hybridized carbons (Fsp3) is 0.333. The van der Waals surface area contributed by atoms with Gasteiger partial charge in [-0.05, 0) is 43.0 Å². The van der Waals surface area contributed by atoms with Crippen molar-refractivity contribution in [3.05, 3.63) is 59.0 Å². The number of aromatic nitrogens is 2. The first-order chi connectivity index (χ1) is 17.8. The molecule has 1 aliphatic rings. The molecule has 0 saturated carbocycles. The number of methoxy groups -OCH3 is 2. The highest BCUT2D eigenvalue weighted by Gasteiger charge is 2.40. The maximum Gasteiger partial charge on any atom is 0.328 e. The summed E-state index contributed by atoms with van der Waals surface area (Å²) >= 11 is 13.2. The molecule has 10 heteroatoms. The predicted octanol–water partition coefficient (Wildman–Crippen LogP) is 5.13. The lowest BCUT2D eigenvalue weighted by Gasteiger charge is -2.21. The standard InChI is InChI=1S/C27H27Cl2N3O5/c1-5-23(33)32-14-15(9-19(32)27(34)37-6-2)10-22-30-13-17-11-16(7-8-18(17)31-22)24-25(28)20(35-3)12-21(36-4)26(24)29/h5,7-8,11-13,15,19H,1,6,9-10,14H2,2-4H3/t15-,19+/m1/s1. The Morgan fingerprint density at radius 1 is 1.16 bits per heavy atom. The molecule has 0 bridgehead atoms. The van der Waals surface area contributed by atoms with Gasteiger partial charge in [-0.2, -0.15) is 0 Å². The van der Waals surface area contributed by atoms with Crippen LogP contribution in [0, 0.1) is 5.92 Å². The maximum atomic E-state index is 12.4. The number of fused-ring (bicyclic) bond motifs is 1. The number of hydrogen-bond donors (Lipinski definition) is 0. The van der Waals surface area contributed by atoms with E-state index in [1.165, 1.54) is 25.2 Å². The minimum absolute atomic E-state index is 0.0110. The highest BCUT2D eigenvalue weighted by molar-refractivity contribution is 6.41. The Balaban J connectivity index is 1.60. The average Bonchev–Trinajstić information content (AvgIpc) is 3.32. The van der Waals surface area contributed by atoms with E-state index in [1.54, 1.807) is 19.2 Å². The Bertz CT molecular complexity index is 1340. The molecule has 0 radical (unpaired) electrons. The Kier molecular flexibility index (Phi) is 8.19. The SMILES string of the molecule is C=CC(=O)N1C[C@@H](Cc2ncc3cc(-c4c(Cl)c(OC)cc(OC)c4Cl)ccc3n2)C[C@H]1C(=O)OCC. The van der Waals surface area contributed by atoms with Crippen LogP contribution in [0.15, 0.2) is 43.1 Å². The van der Waals surface area contributed by atoms with Crippen LogP contribution in [0.1, 0.15) is 19.2 Å². The lowest BCUT2D eigenvalue weighted by Crippen LogP contribution is -2.40. The number of carbonyl (C=O) groups is 2. The van der Waals surface area contributed by atoms with Crippen molar-refractivity contribution in [2.45, 2.75) is 25.8 Å². The van der Waals surface area contributed by atoms with Crippen LogP contribution in [-0.4, -0.2) is 60.2 Å². The number of esters is 1. The van der Waals surface area contributed by atoms with Gasteiger partial charge in [-0.15, -0.1) is 0 Å². The molecule has 2 atom stereocenters. The minimum atomic E-state index is -0.632. The van der Waals surface area contributed by atoms with Gasteiger partial charge in [0.25, 0.3) is 0 Å². The fourth-order valence-corrected chi connectivity index (χ4v) is 5.34. The molecule has 0 aliphatic carbocycles. The number of nitrogens with zero attached hydrogens (tertiary/aromatic N) is 3. The molecule has 3 aromatic rings. The van der Waals surface area contributed by atoms with E-state index in [1.807, 2.05) is 18.2 Å². The van der Waals surface area contributed by atoms with E-state index in [0.29, 0.717) is 52.3 Å². The summed E-state index contributed by atoms with van der Waals surface area (Å²) in [5.74, 6) is 0.840. The lowest BCUT2D eigenvalue weighted by molar-refractivity contribution is -0.151. The van der Waals surface area contributed by atoms with Crippen molar-refractivity contribution in [1.29, 1.82) is 0 Å². The second kappa shape index (κ2) is 11.4. The first kappa shape index (κ1) is 26.7. The van der Waals surface area contributed by atoms with E-state index in [4.69, 9.17) is 42.4 Å². The maximum absolute atomic E-state index is 12.4. The Hall–Kier alpha value is -3.36. The van der Waals surface area contributed by atoms with Crippen LogP contribution in [0.25, 0.3) is 22.0 Å². The fourth-order valence-electron chi connectivity index (χ4n) is 4.62. The quantitative estimate of drug-likeness (QED) is 0.287. The number of benzene rings is 2. The first-order valence-corrected chi connectivity index (χ1v) is 12.5. The van der Waals surface area contributed by atoms with Gasteiger partial charge in [0.15, 0.2) is 0 Å². The van der Waals surface area contributed by atoms with Crippen LogP contribution in [0.4, 0.5) is 0 Å². The zero-order valence-corrected chi connectivity index (χ0v) is 22.3. The Morgan fingerprint density at radius 2 is 1.86 bits per heavy atom. The molecule has 8 nitrogen and oxygen atoms in total. The molecule has 0 N–H and O–H groups in total. The first-order valence-electron chi connectivity index (χ1n) is 11.8. The van der Waals surface area contributed by atoms with E-state index >= 15 is 0 Å². The number of amides is 1. The van der Waals surface area contributed by atoms with Crippen molar-refractivity contribution in [3.63, 3.8) is 0 Å². The summed E-state index contributed by atoms with van der Waals surface area (Å²) in [7, 11) is 3.06. The summed E-state index contributed by atoms with van der Waals surface area (Å²) in [6.07, 6.45) is 3.95. The van der Waals surface area contributed by atoms with Crippen molar-refractivity contribution in [2.75, 3.05) is 27.4 Å². The number of likely N-dealkylation sites (tertiary alicyclic amines) is 1. The molecule has 194 valence electrons. The van der Waals surface area contributed by atoms with Gasteiger partial charge in [0.1, 0.15) is 23.4 Å². The van der Waals surface area contributed by atoms with Gasteiger partial charge in [-0.25, -0.2) is 14.8 Å². The molecular weight excluding hydrogens is 517 g/mol. The third kappa shape index (κ3) is 5.36. The second-order valence-corrected chi connectivity index (χ2v) is 9.37. The molecule has 2 aromatic carbocycles. The van der Waals surface area contributed by atoms with Crippen molar-refractivity contribution in [2.24, 2.45) is 5.92 Å². The van der Waals surface area contributed by atoms with Crippen LogP contribution in [0.3, 0.4) is 0 Å². The molecule has 0 unspecified atom stereocenters. The summed E-state index contributed by atoms with van der Waals surface area (Å²) < 4.78 is 15.9. The number of halogens is 2. The molecular formula is C27H27Cl2N3O5. The molecule has 1 aliphatic heterocycles. The summed E-state index contributed by atoms with van der Waals surface area (Å²) in [6.45, 7) is 5.95. The topological polar surface area (TPSA) is 90.9 Å². The van der Waals surface area contributed by atoms with Crippen molar-refractivity contribution >= 4 is 46.0 Å². The summed E-state index contributed by atoms with van der Waals surface area (Å²) in [4.78, 5) is 35.5. The monoisotopic (exact) mass is 543 g/mol. The zero-order chi connectivity index (χ0) is 26.7. The minimum Gasteiger partial charge on any atom is -0.495 e. The molecule has 1 saturated heterocycles. The van der Waals surface area contributed by atoms with Crippen molar-refractivity contribution in [1.82, 2.24) is 14.9 Å². The van der Waals surface area contributed by atoms with Gasteiger partial charge >= 0.3 is 5.97 Å². The molecule has 4 rings (SSSR count).